The van der Waals surface area contributed by atoms with Gasteiger partial charge in [-0.25, -0.2) is 8.42 Å². The van der Waals surface area contributed by atoms with Crippen LogP contribution in [-0.4, -0.2) is 31.9 Å². The lowest BCUT2D eigenvalue weighted by molar-refractivity contribution is 0.477. The molecule has 3 rings (SSSR count). The van der Waals surface area contributed by atoms with Crippen LogP contribution in [0.4, 0.5) is 0 Å². The van der Waals surface area contributed by atoms with Gasteiger partial charge in [0.25, 0.3) is 0 Å². The second kappa shape index (κ2) is 4.74. The minimum Gasteiger partial charge on any atom is -0.326 e. The third-order valence-corrected chi connectivity index (χ3v) is 5.87. The van der Waals surface area contributed by atoms with Crippen molar-refractivity contribution in [2.24, 2.45) is 5.73 Å². The summed E-state index contributed by atoms with van der Waals surface area (Å²) < 4.78 is 26.6. The molecule has 0 radical (unpaired) electrons. The van der Waals surface area contributed by atoms with Gasteiger partial charge in [-0.05, 0) is 36.5 Å². The molecule has 2 N–H and O–H groups in total. The highest BCUT2D eigenvalue weighted by molar-refractivity contribution is 7.93. The Morgan fingerprint density at radius 1 is 1.21 bits per heavy atom. The van der Waals surface area contributed by atoms with Crippen molar-refractivity contribution in [3.05, 3.63) is 40.3 Å². The SMILES string of the molecule is N[C@@H]1CCN(S(=O)(=O)C2=Cc3ccccc3CC2)C1. The summed E-state index contributed by atoms with van der Waals surface area (Å²) in [5.74, 6) is 0. The summed E-state index contributed by atoms with van der Waals surface area (Å²) in [7, 11) is -3.32. The zero-order valence-electron chi connectivity index (χ0n) is 10.7. The maximum atomic E-state index is 12.5. The smallest absolute Gasteiger partial charge is 0.239 e. The van der Waals surface area contributed by atoms with E-state index in [1.165, 1.54) is 9.87 Å². The van der Waals surface area contributed by atoms with Crippen LogP contribution in [0.5, 0.6) is 0 Å². The lowest BCUT2D eigenvalue weighted by atomic mass is 9.98. The molecule has 0 amide bonds. The molecule has 1 aliphatic carbocycles. The number of hydrogen-bond donors (Lipinski definition) is 1. The maximum Gasteiger partial charge on any atom is 0.239 e. The van der Waals surface area contributed by atoms with Gasteiger partial charge in [0, 0.05) is 19.1 Å². The van der Waals surface area contributed by atoms with E-state index in [9.17, 15) is 8.42 Å². The van der Waals surface area contributed by atoms with E-state index < -0.39 is 10.0 Å². The fourth-order valence-corrected chi connectivity index (χ4v) is 4.45. The standard InChI is InChI=1S/C14H18N2O2S/c15-13-7-8-16(10-13)19(17,18)14-6-5-11-3-1-2-4-12(11)9-14/h1-4,9,13H,5-8,10,15H2/t13-/m1/s1. The molecule has 0 unspecified atom stereocenters. The first-order valence-corrected chi connectivity index (χ1v) is 8.05. The molecule has 19 heavy (non-hydrogen) atoms. The second-order valence-corrected chi connectivity index (χ2v) is 7.21. The van der Waals surface area contributed by atoms with Gasteiger partial charge in [-0.2, -0.15) is 4.31 Å². The average molecular weight is 278 g/mol. The van der Waals surface area contributed by atoms with Crippen LogP contribution in [0.2, 0.25) is 0 Å². The minimum absolute atomic E-state index is 0.0220. The summed E-state index contributed by atoms with van der Waals surface area (Å²) in [6, 6.07) is 7.94. The maximum absolute atomic E-state index is 12.5. The molecular weight excluding hydrogens is 260 g/mol. The molecule has 1 aliphatic heterocycles. The zero-order chi connectivity index (χ0) is 13.5. The molecule has 0 aromatic heterocycles. The molecule has 1 fully saturated rings. The van der Waals surface area contributed by atoms with Crippen LogP contribution in [-0.2, 0) is 16.4 Å². The Balaban J connectivity index is 1.93. The van der Waals surface area contributed by atoms with Crippen LogP contribution in [0.25, 0.3) is 6.08 Å². The third-order valence-electron chi connectivity index (χ3n) is 3.87. The van der Waals surface area contributed by atoms with Crippen molar-refractivity contribution in [3.63, 3.8) is 0 Å². The summed E-state index contributed by atoms with van der Waals surface area (Å²) >= 11 is 0. The number of rotatable bonds is 2. The van der Waals surface area contributed by atoms with Crippen molar-refractivity contribution in [3.8, 4) is 0 Å². The summed E-state index contributed by atoms with van der Waals surface area (Å²) in [5.41, 5.74) is 8.05. The number of sulfonamides is 1. The number of hydrogen-bond acceptors (Lipinski definition) is 3. The van der Waals surface area contributed by atoms with Crippen LogP contribution in [0.3, 0.4) is 0 Å². The highest BCUT2D eigenvalue weighted by Crippen LogP contribution is 2.30. The van der Waals surface area contributed by atoms with E-state index >= 15 is 0 Å². The van der Waals surface area contributed by atoms with E-state index in [0.717, 1.165) is 18.4 Å². The zero-order valence-corrected chi connectivity index (χ0v) is 11.6. The van der Waals surface area contributed by atoms with E-state index in [-0.39, 0.29) is 6.04 Å². The molecule has 1 atom stereocenters. The molecule has 0 spiro atoms. The topological polar surface area (TPSA) is 63.4 Å². The largest absolute Gasteiger partial charge is 0.326 e. The van der Waals surface area contributed by atoms with E-state index in [1.54, 1.807) is 0 Å². The molecule has 1 aromatic carbocycles. The van der Waals surface area contributed by atoms with Gasteiger partial charge < -0.3 is 5.73 Å². The van der Waals surface area contributed by atoms with Crippen molar-refractivity contribution >= 4 is 16.1 Å². The summed E-state index contributed by atoms with van der Waals surface area (Å²) in [5, 5.41) is 0. The van der Waals surface area contributed by atoms with Crippen LogP contribution in [0.15, 0.2) is 29.2 Å². The summed E-state index contributed by atoms with van der Waals surface area (Å²) in [6.07, 6.45) is 3.95. The highest BCUT2D eigenvalue weighted by atomic mass is 32.2. The summed E-state index contributed by atoms with van der Waals surface area (Å²) in [4.78, 5) is 0.528. The van der Waals surface area contributed by atoms with Crippen molar-refractivity contribution in [2.75, 3.05) is 13.1 Å². The van der Waals surface area contributed by atoms with Gasteiger partial charge in [-0.3, -0.25) is 0 Å². The molecule has 1 heterocycles. The van der Waals surface area contributed by atoms with Gasteiger partial charge in [0.2, 0.25) is 10.0 Å². The molecule has 1 saturated heterocycles. The molecule has 5 heteroatoms. The van der Waals surface area contributed by atoms with E-state index in [4.69, 9.17) is 5.73 Å². The number of nitrogens with zero attached hydrogens (tertiary/aromatic N) is 1. The van der Waals surface area contributed by atoms with Gasteiger partial charge in [-0.1, -0.05) is 24.3 Å². The van der Waals surface area contributed by atoms with Crippen molar-refractivity contribution in [2.45, 2.75) is 25.3 Å². The Labute approximate surface area is 114 Å². The number of nitrogens with two attached hydrogens (primary N) is 1. The third kappa shape index (κ3) is 2.33. The van der Waals surface area contributed by atoms with Crippen LogP contribution < -0.4 is 5.73 Å². The number of aryl methyl sites for hydroxylation is 1. The molecule has 2 aliphatic rings. The van der Waals surface area contributed by atoms with Gasteiger partial charge in [0.05, 0.1) is 4.91 Å². The van der Waals surface area contributed by atoms with Crippen molar-refractivity contribution in [1.29, 1.82) is 0 Å². The predicted octanol–water partition coefficient (Wildman–Crippen LogP) is 1.34. The first kappa shape index (κ1) is 12.8. The van der Waals surface area contributed by atoms with Gasteiger partial charge in [-0.15, -0.1) is 0 Å². The fraction of sp³-hybridized carbons (Fsp3) is 0.429. The van der Waals surface area contributed by atoms with E-state index in [0.29, 0.717) is 24.4 Å². The van der Waals surface area contributed by atoms with Crippen molar-refractivity contribution in [1.82, 2.24) is 4.31 Å². The molecule has 102 valence electrons. The fourth-order valence-electron chi connectivity index (χ4n) is 2.75. The Bertz CT molecular complexity index is 622. The molecule has 4 nitrogen and oxygen atoms in total. The Morgan fingerprint density at radius 2 is 2.00 bits per heavy atom. The van der Waals surface area contributed by atoms with Gasteiger partial charge in [0.15, 0.2) is 0 Å². The molecule has 0 bridgehead atoms. The van der Waals surface area contributed by atoms with E-state index in [2.05, 4.69) is 6.07 Å². The number of allylic oxidation sites excluding steroid dienone is 1. The quantitative estimate of drug-likeness (QED) is 0.888. The monoisotopic (exact) mass is 278 g/mol. The molecular formula is C14H18N2O2S. The van der Waals surface area contributed by atoms with Crippen LogP contribution >= 0.6 is 0 Å². The second-order valence-electron chi connectivity index (χ2n) is 5.22. The normalized spacial score (nSPS) is 24.1. The van der Waals surface area contributed by atoms with Crippen LogP contribution in [0.1, 0.15) is 24.0 Å². The highest BCUT2D eigenvalue weighted by Gasteiger charge is 2.33. The minimum atomic E-state index is -3.32. The lowest BCUT2D eigenvalue weighted by Gasteiger charge is -2.21. The van der Waals surface area contributed by atoms with E-state index in [1.807, 2.05) is 24.3 Å². The first-order valence-electron chi connectivity index (χ1n) is 6.61. The van der Waals surface area contributed by atoms with Gasteiger partial charge >= 0.3 is 0 Å². The first-order chi connectivity index (χ1) is 9.07. The Kier molecular flexibility index (Phi) is 3.20. The molecule has 1 aromatic rings. The Morgan fingerprint density at radius 3 is 2.74 bits per heavy atom. The van der Waals surface area contributed by atoms with Crippen LogP contribution in [0, 0.1) is 0 Å². The predicted molar refractivity (Wildman–Crippen MR) is 75.8 cm³/mol. The lowest BCUT2D eigenvalue weighted by Crippen LogP contribution is -2.33. The van der Waals surface area contributed by atoms with Crippen molar-refractivity contribution < 1.29 is 8.42 Å². The van der Waals surface area contributed by atoms with Gasteiger partial charge in [0.1, 0.15) is 0 Å². The average Bonchev–Trinajstić information content (AvgIpc) is 2.85. The number of benzene rings is 1. The number of fused-ring (bicyclic) bond motifs is 1. The molecule has 0 saturated carbocycles. The summed E-state index contributed by atoms with van der Waals surface area (Å²) in [6.45, 7) is 0.990. The Hall–Kier alpha value is -1.17.